The molecular weight excluding hydrogens is 272 g/mol. The molecule has 1 fully saturated rings. The zero-order chi connectivity index (χ0) is 14.8. The van der Waals surface area contributed by atoms with Crippen molar-refractivity contribution in [3.8, 4) is 0 Å². The molecule has 0 bridgehead atoms. The van der Waals surface area contributed by atoms with Crippen LogP contribution in [0.2, 0.25) is 0 Å². The van der Waals surface area contributed by atoms with Crippen molar-refractivity contribution in [1.29, 1.82) is 0 Å². The molecule has 0 saturated carbocycles. The summed E-state index contributed by atoms with van der Waals surface area (Å²) in [6.07, 6.45) is 6.71. The second-order valence-electron chi connectivity index (χ2n) is 6.22. The molecule has 0 unspecified atom stereocenters. The van der Waals surface area contributed by atoms with Crippen LogP contribution >= 0.6 is 0 Å². The van der Waals surface area contributed by atoms with E-state index < -0.39 is 0 Å². The standard InChI is InChI=1S/C18H22N4/c1-4-9-21(10-5-1)17-12-18(20-14-19-17)22-11-8-15-6-2-3-7-16(15)13-22/h2-3,6-7,12,14H,1,4-5,8-11,13H2. The minimum atomic E-state index is 0.951. The van der Waals surface area contributed by atoms with Gasteiger partial charge in [0.15, 0.2) is 0 Å². The fraction of sp³-hybridized carbons (Fsp3) is 0.444. The lowest BCUT2D eigenvalue weighted by Gasteiger charge is -2.31. The second kappa shape index (κ2) is 5.95. The number of fused-ring (bicyclic) bond motifs is 1. The summed E-state index contributed by atoms with van der Waals surface area (Å²) in [6.45, 7) is 4.23. The number of rotatable bonds is 2. The predicted molar refractivity (Wildman–Crippen MR) is 89.3 cm³/mol. The maximum atomic E-state index is 4.52. The van der Waals surface area contributed by atoms with E-state index in [9.17, 15) is 0 Å². The summed E-state index contributed by atoms with van der Waals surface area (Å²) in [4.78, 5) is 13.8. The topological polar surface area (TPSA) is 32.3 Å². The van der Waals surface area contributed by atoms with Gasteiger partial charge in [-0.25, -0.2) is 9.97 Å². The maximum absolute atomic E-state index is 4.52. The Bertz CT molecular complexity index is 649. The number of hydrogen-bond acceptors (Lipinski definition) is 4. The van der Waals surface area contributed by atoms with Gasteiger partial charge in [0.1, 0.15) is 18.0 Å². The lowest BCUT2D eigenvalue weighted by atomic mass is 10.00. The molecule has 4 rings (SSSR count). The van der Waals surface area contributed by atoms with Gasteiger partial charge in [0.05, 0.1) is 0 Å². The van der Waals surface area contributed by atoms with Gasteiger partial charge in [0.2, 0.25) is 0 Å². The van der Waals surface area contributed by atoms with E-state index in [0.717, 1.165) is 44.2 Å². The highest BCUT2D eigenvalue weighted by molar-refractivity contribution is 5.52. The summed E-state index contributed by atoms with van der Waals surface area (Å²) in [6, 6.07) is 10.9. The number of hydrogen-bond donors (Lipinski definition) is 0. The molecule has 0 N–H and O–H groups in total. The molecule has 0 atom stereocenters. The van der Waals surface area contributed by atoms with Crippen molar-refractivity contribution < 1.29 is 0 Å². The quantitative estimate of drug-likeness (QED) is 0.852. The van der Waals surface area contributed by atoms with Gasteiger partial charge in [-0.05, 0) is 36.8 Å². The Hall–Kier alpha value is -2.10. The number of anilines is 2. The summed E-state index contributed by atoms with van der Waals surface area (Å²) in [5, 5.41) is 0. The molecule has 0 spiro atoms. The van der Waals surface area contributed by atoms with Gasteiger partial charge in [-0.1, -0.05) is 24.3 Å². The fourth-order valence-corrected chi connectivity index (χ4v) is 3.50. The summed E-state index contributed by atoms with van der Waals surface area (Å²) >= 11 is 0. The van der Waals surface area contributed by atoms with Crippen molar-refractivity contribution >= 4 is 11.6 Å². The van der Waals surface area contributed by atoms with Crippen molar-refractivity contribution in [2.45, 2.75) is 32.2 Å². The van der Waals surface area contributed by atoms with Crippen molar-refractivity contribution in [1.82, 2.24) is 9.97 Å². The van der Waals surface area contributed by atoms with Crippen molar-refractivity contribution in [3.63, 3.8) is 0 Å². The van der Waals surface area contributed by atoms with Crippen molar-refractivity contribution in [2.75, 3.05) is 29.4 Å². The van der Waals surface area contributed by atoms with Crippen molar-refractivity contribution in [3.05, 3.63) is 47.8 Å². The first-order valence-corrected chi connectivity index (χ1v) is 8.29. The van der Waals surface area contributed by atoms with Gasteiger partial charge in [-0.15, -0.1) is 0 Å². The summed E-state index contributed by atoms with van der Waals surface area (Å²) < 4.78 is 0. The van der Waals surface area contributed by atoms with E-state index in [0.29, 0.717) is 0 Å². The third-order valence-corrected chi connectivity index (χ3v) is 4.77. The lowest BCUT2D eigenvalue weighted by molar-refractivity contribution is 0.572. The molecule has 4 nitrogen and oxygen atoms in total. The van der Waals surface area contributed by atoms with Crippen LogP contribution in [0.25, 0.3) is 0 Å². The molecule has 1 saturated heterocycles. The van der Waals surface area contributed by atoms with E-state index in [4.69, 9.17) is 0 Å². The molecule has 114 valence electrons. The first-order chi connectivity index (χ1) is 10.9. The molecule has 22 heavy (non-hydrogen) atoms. The molecule has 0 radical (unpaired) electrons. The van der Waals surface area contributed by atoms with Crippen LogP contribution in [0.5, 0.6) is 0 Å². The first-order valence-electron chi connectivity index (χ1n) is 8.29. The van der Waals surface area contributed by atoms with Gasteiger partial charge < -0.3 is 9.80 Å². The number of piperidine rings is 1. The highest BCUT2D eigenvalue weighted by Crippen LogP contribution is 2.25. The number of aromatic nitrogens is 2. The summed E-state index contributed by atoms with van der Waals surface area (Å²) in [5.74, 6) is 2.15. The molecule has 3 heterocycles. The van der Waals surface area contributed by atoms with Crippen LogP contribution in [0, 0.1) is 0 Å². The van der Waals surface area contributed by atoms with Crippen LogP contribution < -0.4 is 9.80 Å². The number of benzene rings is 1. The first kappa shape index (κ1) is 13.6. The molecule has 1 aromatic carbocycles. The Morgan fingerprint density at radius 2 is 1.50 bits per heavy atom. The molecule has 0 aliphatic carbocycles. The number of nitrogens with zero attached hydrogens (tertiary/aromatic N) is 4. The van der Waals surface area contributed by atoms with E-state index >= 15 is 0 Å². The van der Waals surface area contributed by atoms with Crippen LogP contribution in [0.1, 0.15) is 30.4 Å². The molecule has 4 heteroatoms. The van der Waals surface area contributed by atoms with Crippen LogP contribution in [0.15, 0.2) is 36.7 Å². The summed E-state index contributed by atoms with van der Waals surface area (Å²) in [7, 11) is 0. The van der Waals surface area contributed by atoms with E-state index in [1.807, 2.05) is 0 Å². The zero-order valence-electron chi connectivity index (χ0n) is 12.9. The molecule has 2 aromatic rings. The molecule has 0 amide bonds. The smallest absolute Gasteiger partial charge is 0.134 e. The lowest BCUT2D eigenvalue weighted by Crippen LogP contribution is -2.33. The second-order valence-corrected chi connectivity index (χ2v) is 6.22. The average molecular weight is 294 g/mol. The van der Waals surface area contributed by atoms with E-state index in [1.54, 1.807) is 6.33 Å². The Labute approximate surface area is 131 Å². The van der Waals surface area contributed by atoms with Crippen LogP contribution in [0.4, 0.5) is 11.6 Å². The Morgan fingerprint density at radius 1 is 0.773 bits per heavy atom. The summed E-state index contributed by atoms with van der Waals surface area (Å²) in [5.41, 5.74) is 2.90. The molecule has 2 aliphatic rings. The maximum Gasteiger partial charge on any atom is 0.134 e. The Kier molecular flexibility index (Phi) is 3.67. The minimum absolute atomic E-state index is 0.951. The predicted octanol–water partition coefficient (Wildman–Crippen LogP) is 3.03. The van der Waals surface area contributed by atoms with E-state index in [1.165, 1.54) is 30.4 Å². The highest BCUT2D eigenvalue weighted by atomic mass is 15.2. The Balaban J connectivity index is 1.56. The third-order valence-electron chi connectivity index (χ3n) is 4.77. The van der Waals surface area contributed by atoms with Gasteiger partial charge in [0, 0.05) is 32.2 Å². The van der Waals surface area contributed by atoms with Crippen molar-refractivity contribution in [2.24, 2.45) is 0 Å². The van der Waals surface area contributed by atoms with E-state index in [2.05, 4.69) is 50.1 Å². The molecule has 2 aliphatic heterocycles. The zero-order valence-corrected chi connectivity index (χ0v) is 12.9. The monoisotopic (exact) mass is 294 g/mol. The van der Waals surface area contributed by atoms with Crippen LogP contribution in [0.3, 0.4) is 0 Å². The third kappa shape index (κ3) is 2.65. The molecular formula is C18H22N4. The minimum Gasteiger partial charge on any atom is -0.356 e. The molecule has 1 aromatic heterocycles. The van der Waals surface area contributed by atoms with Crippen LogP contribution in [-0.4, -0.2) is 29.6 Å². The van der Waals surface area contributed by atoms with Gasteiger partial charge in [-0.3, -0.25) is 0 Å². The van der Waals surface area contributed by atoms with E-state index in [-0.39, 0.29) is 0 Å². The fourth-order valence-electron chi connectivity index (χ4n) is 3.50. The SMILES string of the molecule is c1ccc2c(c1)CCN(c1cc(N3CCCCC3)ncn1)C2. The van der Waals surface area contributed by atoms with Crippen LogP contribution in [-0.2, 0) is 13.0 Å². The van der Waals surface area contributed by atoms with Gasteiger partial charge in [-0.2, -0.15) is 0 Å². The largest absolute Gasteiger partial charge is 0.356 e. The highest BCUT2D eigenvalue weighted by Gasteiger charge is 2.19. The van der Waals surface area contributed by atoms with Gasteiger partial charge >= 0.3 is 0 Å². The van der Waals surface area contributed by atoms with Gasteiger partial charge in [0.25, 0.3) is 0 Å². The average Bonchev–Trinajstić information content (AvgIpc) is 2.62. The Morgan fingerprint density at radius 3 is 2.32 bits per heavy atom. The normalized spacial score (nSPS) is 18.2.